The quantitative estimate of drug-likeness (QED) is 0.930. The van der Waals surface area contributed by atoms with Crippen LogP contribution in [0.2, 0.25) is 0 Å². The molecule has 0 amide bonds. The van der Waals surface area contributed by atoms with Gasteiger partial charge in [0.1, 0.15) is 0 Å². The Labute approximate surface area is 119 Å². The van der Waals surface area contributed by atoms with Crippen molar-refractivity contribution in [3.63, 3.8) is 0 Å². The first-order valence-corrected chi connectivity index (χ1v) is 8.17. The molecule has 0 aliphatic carbocycles. The molecular formula is C12H10BrNO2S2. The average molecular weight is 344 g/mol. The van der Waals surface area contributed by atoms with Crippen molar-refractivity contribution in [1.82, 2.24) is 0 Å². The van der Waals surface area contributed by atoms with Crippen LogP contribution in [0.4, 0.5) is 0 Å². The topological polar surface area (TPSA) is 60.2 Å². The summed E-state index contributed by atoms with van der Waals surface area (Å²) in [5.74, 6) is 0. The van der Waals surface area contributed by atoms with Gasteiger partial charge in [-0.25, -0.2) is 13.6 Å². The summed E-state index contributed by atoms with van der Waals surface area (Å²) in [6.45, 7) is 0. The van der Waals surface area contributed by atoms with Gasteiger partial charge in [0.25, 0.3) is 0 Å². The van der Waals surface area contributed by atoms with E-state index < -0.39 is 10.0 Å². The Bertz CT molecular complexity index is 654. The highest BCUT2D eigenvalue weighted by Crippen LogP contribution is 2.32. The van der Waals surface area contributed by atoms with Crippen molar-refractivity contribution in [2.45, 2.75) is 14.7 Å². The molecule has 0 bridgehead atoms. The maximum atomic E-state index is 11.5. The van der Waals surface area contributed by atoms with Crippen molar-refractivity contribution in [2.24, 2.45) is 5.14 Å². The lowest BCUT2D eigenvalue weighted by atomic mass is 10.4. The molecule has 0 aliphatic heterocycles. The molecular weight excluding hydrogens is 334 g/mol. The van der Waals surface area contributed by atoms with Crippen LogP contribution in [0.25, 0.3) is 0 Å². The molecule has 0 spiro atoms. The second-order valence-electron chi connectivity index (χ2n) is 3.55. The normalized spacial score (nSPS) is 11.4. The number of hydrogen-bond acceptors (Lipinski definition) is 3. The Morgan fingerprint density at radius 2 is 1.61 bits per heavy atom. The fourth-order valence-electron chi connectivity index (χ4n) is 1.40. The summed E-state index contributed by atoms with van der Waals surface area (Å²) in [4.78, 5) is 1.73. The zero-order valence-electron chi connectivity index (χ0n) is 9.21. The molecule has 0 atom stereocenters. The van der Waals surface area contributed by atoms with Gasteiger partial charge in [-0.1, -0.05) is 39.8 Å². The number of hydrogen-bond donors (Lipinski definition) is 1. The molecule has 0 radical (unpaired) electrons. The van der Waals surface area contributed by atoms with E-state index in [9.17, 15) is 8.42 Å². The molecule has 0 fully saturated rings. The van der Waals surface area contributed by atoms with Gasteiger partial charge in [-0.05, 0) is 36.4 Å². The summed E-state index contributed by atoms with van der Waals surface area (Å²) in [7, 11) is -3.69. The number of rotatable bonds is 3. The van der Waals surface area contributed by atoms with Gasteiger partial charge in [-0.3, -0.25) is 0 Å². The van der Waals surface area contributed by atoms with Gasteiger partial charge < -0.3 is 0 Å². The number of halogens is 1. The van der Waals surface area contributed by atoms with Crippen LogP contribution in [-0.2, 0) is 10.0 Å². The first-order valence-electron chi connectivity index (χ1n) is 5.02. The van der Waals surface area contributed by atoms with Gasteiger partial charge in [0, 0.05) is 14.3 Å². The lowest BCUT2D eigenvalue weighted by Gasteiger charge is -2.07. The summed E-state index contributed by atoms with van der Waals surface area (Å²) >= 11 is 4.72. The van der Waals surface area contributed by atoms with Crippen molar-refractivity contribution >= 4 is 37.7 Å². The van der Waals surface area contributed by atoms with Crippen LogP contribution in [0.15, 0.2) is 67.7 Å². The third-order valence-corrected chi connectivity index (χ3v) is 4.91. The van der Waals surface area contributed by atoms with E-state index in [0.29, 0.717) is 4.90 Å². The zero-order chi connectivity index (χ0) is 13.2. The fraction of sp³-hybridized carbons (Fsp3) is 0. The molecule has 0 aliphatic rings. The molecule has 2 aromatic carbocycles. The predicted octanol–water partition coefficient (Wildman–Crippen LogP) is 3.25. The summed E-state index contributed by atoms with van der Waals surface area (Å²) in [5.41, 5.74) is 0. The number of nitrogens with two attached hydrogens (primary N) is 1. The largest absolute Gasteiger partial charge is 0.239 e. The van der Waals surface area contributed by atoms with E-state index in [-0.39, 0.29) is 4.90 Å². The summed E-state index contributed by atoms with van der Waals surface area (Å²) < 4.78 is 23.9. The minimum Gasteiger partial charge on any atom is -0.225 e. The van der Waals surface area contributed by atoms with Crippen LogP contribution < -0.4 is 5.14 Å². The molecule has 6 heteroatoms. The average Bonchev–Trinajstić information content (AvgIpc) is 2.31. The van der Waals surface area contributed by atoms with E-state index in [2.05, 4.69) is 15.9 Å². The van der Waals surface area contributed by atoms with Crippen molar-refractivity contribution in [1.29, 1.82) is 0 Å². The zero-order valence-corrected chi connectivity index (χ0v) is 12.4. The van der Waals surface area contributed by atoms with E-state index in [0.717, 1.165) is 9.37 Å². The second-order valence-corrected chi connectivity index (χ2v) is 7.11. The highest BCUT2D eigenvalue weighted by atomic mass is 79.9. The number of benzene rings is 2. The van der Waals surface area contributed by atoms with Crippen molar-refractivity contribution < 1.29 is 8.42 Å². The van der Waals surface area contributed by atoms with Gasteiger partial charge in [0.05, 0.1) is 4.90 Å². The van der Waals surface area contributed by atoms with Gasteiger partial charge in [0.2, 0.25) is 10.0 Å². The highest BCUT2D eigenvalue weighted by Gasteiger charge is 2.13. The van der Waals surface area contributed by atoms with Crippen LogP contribution in [0.5, 0.6) is 0 Å². The van der Waals surface area contributed by atoms with Crippen LogP contribution in [0, 0.1) is 0 Å². The molecule has 0 heterocycles. The lowest BCUT2D eigenvalue weighted by molar-refractivity contribution is 0.596. The van der Waals surface area contributed by atoms with Crippen LogP contribution in [0.1, 0.15) is 0 Å². The van der Waals surface area contributed by atoms with E-state index in [1.807, 2.05) is 24.3 Å². The van der Waals surface area contributed by atoms with Crippen molar-refractivity contribution in [2.75, 3.05) is 0 Å². The smallest absolute Gasteiger partial charge is 0.225 e. The standard InChI is InChI=1S/C12H10BrNO2S2/c13-9-5-7-10(8-6-9)17-11-3-1-2-4-12(11)18(14,15)16/h1-8H,(H2,14,15,16). The Kier molecular flexibility index (Phi) is 4.11. The van der Waals surface area contributed by atoms with Gasteiger partial charge in [-0.15, -0.1) is 0 Å². The number of primary sulfonamides is 1. The molecule has 0 saturated heterocycles. The maximum Gasteiger partial charge on any atom is 0.239 e. The monoisotopic (exact) mass is 343 g/mol. The Balaban J connectivity index is 2.38. The van der Waals surface area contributed by atoms with Gasteiger partial charge in [0.15, 0.2) is 0 Å². The SMILES string of the molecule is NS(=O)(=O)c1ccccc1Sc1ccc(Br)cc1. The second kappa shape index (κ2) is 5.44. The summed E-state index contributed by atoms with van der Waals surface area (Å²) in [5, 5.41) is 5.19. The molecule has 94 valence electrons. The molecule has 18 heavy (non-hydrogen) atoms. The first kappa shape index (κ1) is 13.6. The predicted molar refractivity (Wildman–Crippen MR) is 76.1 cm³/mol. The third kappa shape index (κ3) is 3.35. The maximum absolute atomic E-state index is 11.5. The molecule has 2 rings (SSSR count). The summed E-state index contributed by atoms with van der Waals surface area (Å²) in [6, 6.07) is 14.3. The summed E-state index contributed by atoms with van der Waals surface area (Å²) in [6.07, 6.45) is 0. The molecule has 3 nitrogen and oxygen atoms in total. The number of sulfonamides is 1. The van der Waals surface area contributed by atoms with E-state index >= 15 is 0 Å². The molecule has 0 unspecified atom stereocenters. The van der Waals surface area contributed by atoms with Crippen LogP contribution in [0.3, 0.4) is 0 Å². The first-order chi connectivity index (χ1) is 8.47. The van der Waals surface area contributed by atoms with E-state index in [1.54, 1.807) is 18.2 Å². The molecule has 0 aromatic heterocycles. The molecule has 2 N–H and O–H groups in total. The Hall–Kier alpha value is -0.820. The van der Waals surface area contributed by atoms with Gasteiger partial charge >= 0.3 is 0 Å². The highest BCUT2D eigenvalue weighted by molar-refractivity contribution is 9.10. The van der Waals surface area contributed by atoms with Crippen molar-refractivity contribution in [3.8, 4) is 0 Å². The Morgan fingerprint density at radius 3 is 2.22 bits per heavy atom. The fourth-order valence-corrected chi connectivity index (χ4v) is 3.59. The van der Waals surface area contributed by atoms with Crippen LogP contribution in [-0.4, -0.2) is 8.42 Å². The van der Waals surface area contributed by atoms with Gasteiger partial charge in [-0.2, -0.15) is 0 Å². The Morgan fingerprint density at radius 1 is 1.00 bits per heavy atom. The third-order valence-electron chi connectivity index (χ3n) is 2.20. The van der Waals surface area contributed by atoms with E-state index in [4.69, 9.17) is 5.14 Å². The minimum absolute atomic E-state index is 0.151. The molecule has 0 saturated carbocycles. The minimum atomic E-state index is -3.69. The van der Waals surface area contributed by atoms with E-state index in [1.165, 1.54) is 17.8 Å². The lowest BCUT2D eigenvalue weighted by Crippen LogP contribution is -2.13. The van der Waals surface area contributed by atoms with Crippen LogP contribution >= 0.6 is 27.7 Å². The van der Waals surface area contributed by atoms with Crippen molar-refractivity contribution in [3.05, 3.63) is 53.0 Å². The molecule has 2 aromatic rings.